The lowest BCUT2D eigenvalue weighted by Gasteiger charge is -2.01. The molecule has 5 nitrogen and oxygen atoms in total. The lowest BCUT2D eigenvalue weighted by molar-refractivity contribution is 0.0957. The fraction of sp³-hybridized carbons (Fsp3) is 0.462. The largest absolute Gasteiger partial charge is 0.351 e. The summed E-state index contributed by atoms with van der Waals surface area (Å²) in [5.74, 6) is 1.89. The van der Waals surface area contributed by atoms with Gasteiger partial charge in [-0.15, -0.1) is 11.3 Å². The van der Waals surface area contributed by atoms with Crippen LogP contribution in [0.3, 0.4) is 0 Å². The van der Waals surface area contributed by atoms with Crippen LogP contribution in [0.25, 0.3) is 0 Å². The van der Waals surface area contributed by atoms with Gasteiger partial charge in [0, 0.05) is 18.9 Å². The van der Waals surface area contributed by atoms with Gasteiger partial charge in [-0.2, -0.15) is 4.98 Å². The Bertz CT molecular complexity index is 586. The van der Waals surface area contributed by atoms with Crippen molar-refractivity contribution in [3.63, 3.8) is 0 Å². The molecule has 1 aliphatic rings. The van der Waals surface area contributed by atoms with Crippen LogP contribution < -0.4 is 5.32 Å². The van der Waals surface area contributed by atoms with Crippen LogP contribution in [0.15, 0.2) is 16.0 Å². The molecule has 0 atom stereocenters. The minimum Gasteiger partial charge on any atom is -0.351 e. The zero-order valence-electron chi connectivity index (χ0n) is 10.7. The molecule has 0 radical (unpaired) electrons. The standard InChI is InChI=1S/C13H15N3O2S/c1-8-5-7-19-11(8)13(17)14-6-4-10-15-12(16-18-10)9-2-3-9/h5,7,9H,2-4,6H2,1H3,(H,14,17). The van der Waals surface area contributed by atoms with Crippen LogP contribution >= 0.6 is 11.3 Å². The first kappa shape index (κ1) is 12.3. The van der Waals surface area contributed by atoms with Crippen molar-refractivity contribution in [1.29, 1.82) is 0 Å². The van der Waals surface area contributed by atoms with Crippen molar-refractivity contribution in [3.05, 3.63) is 33.6 Å². The van der Waals surface area contributed by atoms with Gasteiger partial charge in [0.1, 0.15) is 0 Å². The van der Waals surface area contributed by atoms with Crippen molar-refractivity contribution in [2.75, 3.05) is 6.54 Å². The van der Waals surface area contributed by atoms with Gasteiger partial charge < -0.3 is 9.84 Å². The molecule has 0 bridgehead atoms. The highest BCUT2D eigenvalue weighted by Crippen LogP contribution is 2.38. The van der Waals surface area contributed by atoms with E-state index in [1.165, 1.54) is 11.3 Å². The number of nitrogens with zero attached hydrogens (tertiary/aromatic N) is 2. The molecule has 2 aromatic heterocycles. The SMILES string of the molecule is Cc1ccsc1C(=O)NCCc1nc(C2CC2)no1. The van der Waals surface area contributed by atoms with Crippen molar-refractivity contribution in [3.8, 4) is 0 Å². The van der Waals surface area contributed by atoms with Gasteiger partial charge in [-0.05, 0) is 36.8 Å². The summed E-state index contributed by atoms with van der Waals surface area (Å²) in [5, 5.41) is 8.74. The molecule has 1 aliphatic carbocycles. The number of thiophene rings is 1. The van der Waals surface area contributed by atoms with Gasteiger partial charge in [-0.1, -0.05) is 5.16 Å². The Labute approximate surface area is 115 Å². The number of hydrogen-bond acceptors (Lipinski definition) is 5. The van der Waals surface area contributed by atoms with Gasteiger partial charge in [-0.25, -0.2) is 0 Å². The van der Waals surface area contributed by atoms with E-state index in [0.717, 1.165) is 29.1 Å². The molecular formula is C13H15N3O2S. The lowest BCUT2D eigenvalue weighted by Crippen LogP contribution is -2.25. The van der Waals surface area contributed by atoms with Crippen LogP contribution in [0.2, 0.25) is 0 Å². The molecule has 1 saturated carbocycles. The monoisotopic (exact) mass is 277 g/mol. The molecule has 0 aliphatic heterocycles. The van der Waals surface area contributed by atoms with Crippen LogP contribution in [0.1, 0.15) is 45.7 Å². The van der Waals surface area contributed by atoms with E-state index >= 15 is 0 Å². The Balaban J connectivity index is 1.49. The van der Waals surface area contributed by atoms with E-state index < -0.39 is 0 Å². The zero-order valence-corrected chi connectivity index (χ0v) is 11.5. The molecule has 1 N–H and O–H groups in total. The van der Waals surface area contributed by atoms with Crippen molar-refractivity contribution >= 4 is 17.2 Å². The number of carbonyl (C=O) groups is 1. The molecule has 1 amide bonds. The predicted molar refractivity (Wildman–Crippen MR) is 71.4 cm³/mol. The van der Waals surface area contributed by atoms with Gasteiger partial charge in [0.05, 0.1) is 4.88 Å². The first-order valence-electron chi connectivity index (χ1n) is 6.39. The third-order valence-electron chi connectivity index (χ3n) is 3.12. The number of rotatable bonds is 5. The number of hydrogen-bond donors (Lipinski definition) is 1. The van der Waals surface area contributed by atoms with Gasteiger partial charge in [-0.3, -0.25) is 4.79 Å². The van der Waals surface area contributed by atoms with Crippen LogP contribution in [0.4, 0.5) is 0 Å². The third kappa shape index (κ3) is 2.84. The van der Waals surface area contributed by atoms with Crippen LogP contribution in [-0.4, -0.2) is 22.6 Å². The van der Waals surface area contributed by atoms with Crippen molar-refractivity contribution in [2.24, 2.45) is 0 Å². The summed E-state index contributed by atoms with van der Waals surface area (Å²) >= 11 is 1.46. The maximum absolute atomic E-state index is 11.9. The minimum atomic E-state index is -0.0329. The molecule has 6 heteroatoms. The van der Waals surface area contributed by atoms with Crippen molar-refractivity contribution in [1.82, 2.24) is 15.5 Å². The highest BCUT2D eigenvalue weighted by molar-refractivity contribution is 7.12. The summed E-state index contributed by atoms with van der Waals surface area (Å²) < 4.78 is 5.15. The molecule has 2 aromatic rings. The fourth-order valence-corrected chi connectivity index (χ4v) is 2.69. The molecule has 100 valence electrons. The maximum Gasteiger partial charge on any atom is 0.261 e. The number of carbonyl (C=O) groups excluding carboxylic acids is 1. The van der Waals surface area contributed by atoms with Crippen LogP contribution in [-0.2, 0) is 6.42 Å². The number of aryl methyl sites for hydroxylation is 1. The first-order valence-corrected chi connectivity index (χ1v) is 7.27. The molecule has 0 aromatic carbocycles. The minimum absolute atomic E-state index is 0.0329. The highest BCUT2D eigenvalue weighted by Gasteiger charge is 2.28. The Morgan fingerprint density at radius 2 is 2.42 bits per heavy atom. The second kappa shape index (κ2) is 5.13. The first-order chi connectivity index (χ1) is 9.24. The van der Waals surface area contributed by atoms with Crippen molar-refractivity contribution in [2.45, 2.75) is 32.1 Å². The predicted octanol–water partition coefficient (Wildman–Crippen LogP) is 2.29. The Kier molecular flexibility index (Phi) is 3.33. The Morgan fingerprint density at radius 1 is 1.58 bits per heavy atom. The number of nitrogens with one attached hydrogen (secondary N) is 1. The Morgan fingerprint density at radius 3 is 3.11 bits per heavy atom. The lowest BCUT2D eigenvalue weighted by atomic mass is 10.3. The van der Waals surface area contributed by atoms with Gasteiger partial charge in [0.25, 0.3) is 5.91 Å². The Hall–Kier alpha value is -1.69. The van der Waals surface area contributed by atoms with Gasteiger partial charge in [0.2, 0.25) is 5.89 Å². The van der Waals surface area contributed by atoms with Crippen LogP contribution in [0, 0.1) is 6.92 Å². The van der Waals surface area contributed by atoms with E-state index in [2.05, 4.69) is 15.5 Å². The molecule has 3 rings (SSSR count). The summed E-state index contributed by atoms with van der Waals surface area (Å²) in [7, 11) is 0. The molecular weight excluding hydrogens is 262 g/mol. The summed E-state index contributed by atoms with van der Waals surface area (Å²) in [6.45, 7) is 2.45. The van der Waals surface area contributed by atoms with E-state index in [-0.39, 0.29) is 5.91 Å². The maximum atomic E-state index is 11.9. The van der Waals surface area contributed by atoms with Gasteiger partial charge >= 0.3 is 0 Å². The topological polar surface area (TPSA) is 68.0 Å². The average Bonchev–Trinajstić information content (AvgIpc) is 2.99. The third-order valence-corrected chi connectivity index (χ3v) is 4.13. The van der Waals surface area contributed by atoms with E-state index in [1.54, 1.807) is 0 Å². The normalized spacial score (nSPS) is 14.6. The van der Waals surface area contributed by atoms with E-state index in [9.17, 15) is 4.79 Å². The number of aromatic nitrogens is 2. The second-order valence-corrected chi connectivity index (χ2v) is 5.68. The fourth-order valence-electron chi connectivity index (χ4n) is 1.85. The number of amides is 1. The molecule has 1 fully saturated rings. The average molecular weight is 277 g/mol. The van der Waals surface area contributed by atoms with Crippen molar-refractivity contribution < 1.29 is 9.32 Å². The summed E-state index contributed by atoms with van der Waals surface area (Å²) in [6.07, 6.45) is 2.90. The molecule has 0 saturated heterocycles. The quantitative estimate of drug-likeness (QED) is 0.910. The van der Waals surface area contributed by atoms with E-state index in [4.69, 9.17) is 4.52 Å². The molecule has 0 spiro atoms. The highest BCUT2D eigenvalue weighted by atomic mass is 32.1. The second-order valence-electron chi connectivity index (χ2n) is 4.76. The van der Waals surface area contributed by atoms with E-state index in [1.807, 2.05) is 18.4 Å². The van der Waals surface area contributed by atoms with Gasteiger partial charge in [0.15, 0.2) is 5.82 Å². The molecule has 0 unspecified atom stereocenters. The summed E-state index contributed by atoms with van der Waals surface area (Å²) in [5.41, 5.74) is 1.01. The summed E-state index contributed by atoms with van der Waals surface area (Å²) in [6, 6.07) is 1.94. The molecule has 19 heavy (non-hydrogen) atoms. The summed E-state index contributed by atoms with van der Waals surface area (Å²) in [4.78, 5) is 17.0. The zero-order chi connectivity index (χ0) is 13.2. The smallest absolute Gasteiger partial charge is 0.261 e. The van der Waals surface area contributed by atoms with Crippen LogP contribution in [0.5, 0.6) is 0 Å². The molecule has 2 heterocycles. The van der Waals surface area contributed by atoms with E-state index in [0.29, 0.717) is 24.8 Å².